The van der Waals surface area contributed by atoms with Gasteiger partial charge in [-0.3, -0.25) is 14.7 Å². The Morgan fingerprint density at radius 1 is 1.28 bits per heavy atom. The molecule has 2 aromatic rings. The number of nitrogens with zero attached hydrogens (tertiary/aromatic N) is 2. The maximum atomic E-state index is 12.8. The number of likely N-dealkylation sites (tertiary alicyclic amines) is 1. The van der Waals surface area contributed by atoms with Crippen molar-refractivity contribution in [1.82, 2.24) is 15.2 Å². The number of amides is 1. The van der Waals surface area contributed by atoms with E-state index >= 15 is 0 Å². The van der Waals surface area contributed by atoms with Gasteiger partial charge in [0.2, 0.25) is 0 Å². The summed E-state index contributed by atoms with van der Waals surface area (Å²) in [5, 5.41) is 3.32. The quantitative estimate of drug-likeness (QED) is 0.934. The topological polar surface area (TPSA) is 54.5 Å². The molecule has 5 nitrogen and oxygen atoms in total. The van der Waals surface area contributed by atoms with Crippen LogP contribution in [0, 0.1) is 0 Å². The SMILES string of the molecule is COc1ccc2c(c1)C(=O)N[C@@]1(CC2)CCN(Cc2ccccn2)C1. The Hall–Kier alpha value is -2.40. The van der Waals surface area contributed by atoms with E-state index < -0.39 is 0 Å². The van der Waals surface area contributed by atoms with Gasteiger partial charge >= 0.3 is 0 Å². The number of rotatable bonds is 3. The monoisotopic (exact) mass is 337 g/mol. The fraction of sp³-hybridized carbons (Fsp3) is 0.400. The molecule has 5 heteroatoms. The van der Waals surface area contributed by atoms with Crippen LogP contribution < -0.4 is 10.1 Å². The molecule has 2 aliphatic rings. The number of aryl methyl sites for hydroxylation is 1. The summed E-state index contributed by atoms with van der Waals surface area (Å²) in [7, 11) is 1.63. The second-order valence-electron chi connectivity index (χ2n) is 7.04. The largest absolute Gasteiger partial charge is 0.497 e. The van der Waals surface area contributed by atoms with Crippen molar-refractivity contribution < 1.29 is 9.53 Å². The van der Waals surface area contributed by atoms with Gasteiger partial charge in [-0.1, -0.05) is 12.1 Å². The Bertz CT molecular complexity index is 778. The molecule has 1 amide bonds. The van der Waals surface area contributed by atoms with Gasteiger partial charge in [0.05, 0.1) is 18.3 Å². The highest BCUT2D eigenvalue weighted by Crippen LogP contribution is 2.32. The number of hydrogen-bond donors (Lipinski definition) is 1. The molecule has 0 radical (unpaired) electrons. The molecule has 1 spiro atoms. The van der Waals surface area contributed by atoms with E-state index in [1.54, 1.807) is 7.11 Å². The van der Waals surface area contributed by atoms with Gasteiger partial charge in [-0.25, -0.2) is 0 Å². The molecule has 0 saturated carbocycles. The van der Waals surface area contributed by atoms with E-state index in [1.807, 2.05) is 36.5 Å². The number of pyridine rings is 1. The zero-order valence-corrected chi connectivity index (χ0v) is 14.5. The Balaban J connectivity index is 1.50. The third-order valence-corrected chi connectivity index (χ3v) is 5.36. The molecule has 1 atom stereocenters. The predicted octanol–water partition coefficient (Wildman–Crippen LogP) is 2.41. The van der Waals surface area contributed by atoms with Crippen molar-refractivity contribution in [3.05, 3.63) is 59.4 Å². The van der Waals surface area contributed by atoms with Gasteiger partial charge in [-0.15, -0.1) is 0 Å². The number of fused-ring (bicyclic) bond motifs is 1. The molecule has 0 aliphatic carbocycles. The van der Waals surface area contributed by atoms with Gasteiger partial charge in [0.15, 0.2) is 0 Å². The second-order valence-corrected chi connectivity index (χ2v) is 7.04. The van der Waals surface area contributed by atoms with Crippen molar-refractivity contribution in [2.45, 2.75) is 31.3 Å². The van der Waals surface area contributed by atoms with Gasteiger partial charge < -0.3 is 10.1 Å². The zero-order valence-electron chi connectivity index (χ0n) is 14.5. The maximum absolute atomic E-state index is 12.8. The first-order valence-electron chi connectivity index (χ1n) is 8.79. The van der Waals surface area contributed by atoms with Crippen molar-refractivity contribution in [3.8, 4) is 5.75 Å². The minimum atomic E-state index is -0.141. The Morgan fingerprint density at radius 2 is 2.20 bits per heavy atom. The first kappa shape index (κ1) is 16.1. The van der Waals surface area contributed by atoms with Crippen LogP contribution in [-0.2, 0) is 13.0 Å². The van der Waals surface area contributed by atoms with Crippen LogP contribution in [0.25, 0.3) is 0 Å². The fourth-order valence-electron chi connectivity index (χ4n) is 3.98. The Morgan fingerprint density at radius 3 is 3.00 bits per heavy atom. The molecule has 1 fully saturated rings. The smallest absolute Gasteiger partial charge is 0.252 e. The third kappa shape index (κ3) is 3.24. The Kier molecular flexibility index (Phi) is 4.17. The minimum absolute atomic E-state index is 0.0195. The van der Waals surface area contributed by atoms with Crippen LogP contribution in [0.5, 0.6) is 5.75 Å². The number of hydrogen-bond acceptors (Lipinski definition) is 4. The second kappa shape index (κ2) is 6.48. The van der Waals surface area contributed by atoms with Crippen LogP contribution in [0.2, 0.25) is 0 Å². The van der Waals surface area contributed by atoms with E-state index in [0.29, 0.717) is 0 Å². The summed E-state index contributed by atoms with van der Waals surface area (Å²) in [6.45, 7) is 2.69. The minimum Gasteiger partial charge on any atom is -0.497 e. The molecule has 2 aliphatic heterocycles. The lowest BCUT2D eigenvalue weighted by atomic mass is 9.91. The normalized spacial score (nSPS) is 23.2. The fourth-order valence-corrected chi connectivity index (χ4v) is 3.98. The predicted molar refractivity (Wildman–Crippen MR) is 95.6 cm³/mol. The highest BCUT2D eigenvalue weighted by Gasteiger charge is 2.41. The molecule has 1 saturated heterocycles. The molecule has 0 unspecified atom stereocenters. The summed E-state index contributed by atoms with van der Waals surface area (Å²) in [5.74, 6) is 0.749. The van der Waals surface area contributed by atoms with Crippen LogP contribution in [0.4, 0.5) is 0 Å². The van der Waals surface area contributed by atoms with Crippen LogP contribution >= 0.6 is 0 Å². The molecule has 1 aromatic heterocycles. The number of aromatic nitrogens is 1. The number of ether oxygens (including phenoxy) is 1. The zero-order chi connectivity index (χ0) is 17.3. The number of methoxy groups -OCH3 is 1. The van der Waals surface area contributed by atoms with E-state index in [-0.39, 0.29) is 11.4 Å². The average molecular weight is 337 g/mol. The van der Waals surface area contributed by atoms with Gasteiger partial charge in [0.25, 0.3) is 5.91 Å². The maximum Gasteiger partial charge on any atom is 0.252 e. The number of carbonyl (C=O) groups excluding carboxylic acids is 1. The van der Waals surface area contributed by atoms with Crippen molar-refractivity contribution in [2.24, 2.45) is 0 Å². The van der Waals surface area contributed by atoms with Gasteiger partial charge in [0, 0.05) is 31.4 Å². The summed E-state index contributed by atoms with van der Waals surface area (Å²) < 4.78 is 5.27. The molecule has 0 bridgehead atoms. The van der Waals surface area contributed by atoms with Crippen molar-refractivity contribution in [1.29, 1.82) is 0 Å². The number of benzene rings is 1. The molecule has 1 aromatic carbocycles. The lowest BCUT2D eigenvalue weighted by Crippen LogP contribution is -2.49. The lowest BCUT2D eigenvalue weighted by Gasteiger charge is -2.29. The summed E-state index contributed by atoms with van der Waals surface area (Å²) in [6, 6.07) is 11.8. The van der Waals surface area contributed by atoms with E-state index in [9.17, 15) is 4.79 Å². The van der Waals surface area contributed by atoms with Crippen molar-refractivity contribution >= 4 is 5.91 Å². The van der Waals surface area contributed by atoms with Crippen LogP contribution in [0.15, 0.2) is 42.6 Å². The lowest BCUT2D eigenvalue weighted by molar-refractivity contribution is 0.0901. The number of nitrogens with one attached hydrogen (secondary N) is 1. The van der Waals surface area contributed by atoms with E-state index in [0.717, 1.165) is 61.5 Å². The molecular formula is C20H23N3O2. The summed E-state index contributed by atoms with van der Waals surface area (Å²) >= 11 is 0. The van der Waals surface area contributed by atoms with Crippen LogP contribution in [-0.4, -0.2) is 41.5 Å². The van der Waals surface area contributed by atoms with E-state index in [4.69, 9.17) is 4.74 Å². The standard InChI is InChI=1S/C20H23N3O2/c1-25-17-6-5-15-7-8-20(22-19(24)18(15)12-17)9-11-23(14-20)13-16-4-2-3-10-21-16/h2-6,10,12H,7-9,11,13-14H2,1H3,(H,22,24)/t20-/m0/s1. The summed E-state index contributed by atoms with van der Waals surface area (Å²) in [5.41, 5.74) is 2.79. The molecular weight excluding hydrogens is 314 g/mol. The summed E-state index contributed by atoms with van der Waals surface area (Å²) in [6.07, 6.45) is 4.70. The first-order chi connectivity index (χ1) is 12.2. The summed E-state index contributed by atoms with van der Waals surface area (Å²) in [4.78, 5) is 19.6. The number of carbonyl (C=O) groups is 1. The molecule has 3 heterocycles. The first-order valence-corrected chi connectivity index (χ1v) is 8.79. The Labute approximate surface area is 148 Å². The van der Waals surface area contributed by atoms with Crippen LogP contribution in [0.1, 0.15) is 34.5 Å². The highest BCUT2D eigenvalue weighted by molar-refractivity contribution is 5.97. The van der Waals surface area contributed by atoms with Gasteiger partial charge in [-0.2, -0.15) is 0 Å². The van der Waals surface area contributed by atoms with Crippen LogP contribution in [0.3, 0.4) is 0 Å². The third-order valence-electron chi connectivity index (χ3n) is 5.36. The average Bonchev–Trinajstić information content (AvgIpc) is 2.96. The van der Waals surface area contributed by atoms with E-state index in [1.165, 1.54) is 0 Å². The van der Waals surface area contributed by atoms with E-state index in [2.05, 4.69) is 21.3 Å². The molecule has 25 heavy (non-hydrogen) atoms. The molecule has 1 N–H and O–H groups in total. The van der Waals surface area contributed by atoms with Gasteiger partial charge in [0.1, 0.15) is 5.75 Å². The van der Waals surface area contributed by atoms with Gasteiger partial charge in [-0.05, 0) is 49.1 Å². The van der Waals surface area contributed by atoms with Crippen molar-refractivity contribution in [3.63, 3.8) is 0 Å². The highest BCUT2D eigenvalue weighted by atomic mass is 16.5. The van der Waals surface area contributed by atoms with Crippen molar-refractivity contribution in [2.75, 3.05) is 20.2 Å². The molecule has 4 rings (SSSR count). The molecule has 130 valence electrons.